The Bertz CT molecular complexity index is 1430. The fraction of sp³-hybridized carbons (Fsp3) is 0.154. The molecule has 3 N–H and O–H groups in total. The number of nitrogens with two attached hydrogens (primary N) is 1. The van der Waals surface area contributed by atoms with Gasteiger partial charge in [0.2, 0.25) is 5.82 Å². The molecule has 2 aromatic carbocycles. The van der Waals surface area contributed by atoms with Crippen LogP contribution in [0.3, 0.4) is 0 Å². The molecule has 0 radical (unpaired) electrons. The van der Waals surface area contributed by atoms with Crippen molar-refractivity contribution in [2.75, 3.05) is 17.6 Å². The first-order chi connectivity index (χ1) is 17.8. The van der Waals surface area contributed by atoms with Gasteiger partial charge in [0.15, 0.2) is 0 Å². The minimum Gasteiger partial charge on any atom is -0.456 e. The molecular weight excluding hydrogens is 517 g/mol. The number of hydrogen-bond acceptors (Lipinski definition) is 7. The van der Waals surface area contributed by atoms with Gasteiger partial charge in [-0.1, -0.05) is 59.6 Å². The highest BCUT2D eigenvalue weighted by molar-refractivity contribution is 6.36. The number of hydrogen-bond donors (Lipinski definition) is 2. The topological polar surface area (TPSA) is 125 Å². The number of nitrogen functional groups attached to an aromatic ring is 1. The zero-order valence-corrected chi connectivity index (χ0v) is 21.1. The molecule has 9 nitrogen and oxygen atoms in total. The van der Waals surface area contributed by atoms with Gasteiger partial charge in [-0.15, -0.1) is 0 Å². The highest BCUT2D eigenvalue weighted by atomic mass is 35.5. The molecule has 4 aromatic rings. The zero-order chi connectivity index (χ0) is 26.4. The summed E-state index contributed by atoms with van der Waals surface area (Å²) < 4.78 is 7.45. The molecule has 0 fully saturated rings. The molecule has 0 unspecified atom stereocenters. The van der Waals surface area contributed by atoms with Gasteiger partial charge in [0.05, 0.1) is 4.92 Å². The van der Waals surface area contributed by atoms with Crippen LogP contribution in [0.2, 0.25) is 10.0 Å². The van der Waals surface area contributed by atoms with Crippen molar-refractivity contribution in [1.29, 1.82) is 0 Å². The number of aryl methyl sites for hydroxylation is 1. The van der Waals surface area contributed by atoms with Crippen LogP contribution < -0.4 is 11.1 Å². The number of nitro groups is 1. The Morgan fingerprint density at radius 2 is 1.86 bits per heavy atom. The van der Waals surface area contributed by atoms with Crippen molar-refractivity contribution in [3.8, 4) is 11.1 Å². The summed E-state index contributed by atoms with van der Waals surface area (Å²) in [6.45, 7) is 1.10. The van der Waals surface area contributed by atoms with Crippen molar-refractivity contribution in [3.05, 3.63) is 104 Å². The fourth-order valence-electron chi connectivity index (χ4n) is 3.79. The molecule has 0 aliphatic heterocycles. The van der Waals surface area contributed by atoms with Gasteiger partial charge < -0.3 is 20.4 Å². The van der Waals surface area contributed by atoms with Crippen molar-refractivity contribution in [2.24, 2.45) is 0 Å². The molecule has 0 bridgehead atoms. The summed E-state index contributed by atoms with van der Waals surface area (Å²) in [4.78, 5) is 27.6. The summed E-state index contributed by atoms with van der Waals surface area (Å²) >= 11 is 12.5. The largest absolute Gasteiger partial charge is 0.456 e. The standard InChI is InChI=1S/C26H23Cl2N5O4/c27-18-7-8-19(21(28)15-18)20-11-14-32(24(20)26(34)37-16-17-5-2-1-3-6-17)13-4-12-30-23-10-9-22(33(35)36)25(29)31-23/h1-3,5-11,14-15H,4,12-13,16H2,(H3,29,30,31). The Balaban J connectivity index is 1.50. The van der Waals surface area contributed by atoms with Crippen molar-refractivity contribution in [3.63, 3.8) is 0 Å². The van der Waals surface area contributed by atoms with E-state index in [0.29, 0.717) is 52.2 Å². The van der Waals surface area contributed by atoms with Gasteiger partial charge in [0.25, 0.3) is 0 Å². The molecule has 0 aliphatic carbocycles. The molecule has 0 spiro atoms. The molecule has 0 atom stereocenters. The number of nitrogens with zero attached hydrogens (tertiary/aromatic N) is 3. The zero-order valence-electron chi connectivity index (χ0n) is 19.6. The second-order valence-electron chi connectivity index (χ2n) is 8.10. The van der Waals surface area contributed by atoms with Gasteiger partial charge in [0.1, 0.15) is 18.1 Å². The number of anilines is 2. The summed E-state index contributed by atoms with van der Waals surface area (Å²) in [6.07, 6.45) is 2.42. The number of pyridine rings is 1. The van der Waals surface area contributed by atoms with Gasteiger partial charge in [-0.2, -0.15) is 0 Å². The van der Waals surface area contributed by atoms with Crippen LogP contribution in [0, 0.1) is 10.1 Å². The van der Waals surface area contributed by atoms with Crippen LogP contribution in [-0.4, -0.2) is 27.0 Å². The third kappa shape index (κ3) is 6.38. The number of carbonyl (C=O) groups excluding carboxylic acids is 1. The number of esters is 1. The lowest BCUT2D eigenvalue weighted by Crippen LogP contribution is -2.15. The van der Waals surface area contributed by atoms with Gasteiger partial charge >= 0.3 is 11.7 Å². The second kappa shape index (κ2) is 11.8. The summed E-state index contributed by atoms with van der Waals surface area (Å²) in [6, 6.07) is 19.2. The molecule has 190 valence electrons. The number of nitrogens with one attached hydrogen (secondary N) is 1. The molecule has 0 aliphatic rings. The summed E-state index contributed by atoms with van der Waals surface area (Å²) in [7, 11) is 0. The van der Waals surface area contributed by atoms with E-state index in [4.69, 9.17) is 33.7 Å². The quantitative estimate of drug-likeness (QED) is 0.106. The van der Waals surface area contributed by atoms with Crippen LogP contribution in [0.5, 0.6) is 0 Å². The molecule has 4 rings (SSSR count). The third-order valence-corrected chi connectivity index (χ3v) is 6.12. The van der Waals surface area contributed by atoms with Crippen LogP contribution in [0.1, 0.15) is 22.5 Å². The van der Waals surface area contributed by atoms with Gasteiger partial charge in [0, 0.05) is 46.5 Å². The van der Waals surface area contributed by atoms with Gasteiger partial charge in [-0.3, -0.25) is 10.1 Å². The van der Waals surface area contributed by atoms with E-state index in [-0.39, 0.29) is 18.1 Å². The van der Waals surface area contributed by atoms with E-state index in [1.807, 2.05) is 47.2 Å². The van der Waals surface area contributed by atoms with E-state index >= 15 is 0 Å². The van der Waals surface area contributed by atoms with Crippen LogP contribution in [0.25, 0.3) is 11.1 Å². The molecule has 0 amide bonds. The van der Waals surface area contributed by atoms with Crippen molar-refractivity contribution < 1.29 is 14.5 Å². The molecule has 0 saturated carbocycles. The summed E-state index contributed by atoms with van der Waals surface area (Å²) in [5.74, 6) is -0.215. The van der Waals surface area contributed by atoms with Crippen molar-refractivity contribution in [1.82, 2.24) is 9.55 Å². The van der Waals surface area contributed by atoms with Crippen LogP contribution in [-0.2, 0) is 17.9 Å². The van der Waals surface area contributed by atoms with E-state index in [2.05, 4.69) is 10.3 Å². The van der Waals surface area contributed by atoms with Gasteiger partial charge in [-0.05, 0) is 36.2 Å². The smallest absolute Gasteiger partial charge is 0.355 e. The average Bonchev–Trinajstić information content (AvgIpc) is 3.29. The van der Waals surface area contributed by atoms with Crippen LogP contribution in [0.4, 0.5) is 17.3 Å². The lowest BCUT2D eigenvalue weighted by Gasteiger charge is -2.13. The van der Waals surface area contributed by atoms with E-state index in [9.17, 15) is 14.9 Å². The Morgan fingerprint density at radius 3 is 2.57 bits per heavy atom. The normalized spacial score (nSPS) is 10.8. The SMILES string of the molecule is Nc1nc(NCCCn2ccc(-c3ccc(Cl)cc3Cl)c2C(=O)OCc2ccccc2)ccc1[N+](=O)[O-]. The first-order valence-electron chi connectivity index (χ1n) is 11.3. The van der Waals surface area contributed by atoms with E-state index in [0.717, 1.165) is 5.56 Å². The Labute approximate surface area is 222 Å². The summed E-state index contributed by atoms with van der Waals surface area (Å²) in [5.41, 5.74) is 7.96. The maximum Gasteiger partial charge on any atom is 0.355 e. The van der Waals surface area contributed by atoms with Crippen molar-refractivity contribution >= 4 is 46.5 Å². The number of benzene rings is 2. The Kier molecular flexibility index (Phi) is 8.27. The molecule has 0 saturated heterocycles. The van der Waals surface area contributed by atoms with Crippen molar-refractivity contribution in [2.45, 2.75) is 19.6 Å². The summed E-state index contributed by atoms with van der Waals surface area (Å²) in [5, 5.41) is 14.9. The Hall–Kier alpha value is -4.08. The maximum absolute atomic E-state index is 13.2. The fourth-order valence-corrected chi connectivity index (χ4v) is 4.30. The molecule has 2 aromatic heterocycles. The van der Waals surface area contributed by atoms with Crippen LogP contribution in [0.15, 0.2) is 72.9 Å². The first kappa shape index (κ1) is 26.0. The first-order valence-corrected chi connectivity index (χ1v) is 12.1. The predicted octanol–water partition coefficient (Wildman–Crippen LogP) is 6.21. The van der Waals surface area contributed by atoms with Crippen LogP contribution >= 0.6 is 23.2 Å². The second-order valence-corrected chi connectivity index (χ2v) is 8.94. The minimum atomic E-state index is -0.582. The average molecular weight is 540 g/mol. The molecule has 2 heterocycles. The van der Waals surface area contributed by atoms with E-state index in [1.165, 1.54) is 12.1 Å². The molecule has 11 heteroatoms. The maximum atomic E-state index is 13.2. The number of halogens is 2. The molecular formula is C26H23Cl2N5O4. The number of rotatable bonds is 10. The number of carbonyl (C=O) groups is 1. The lowest BCUT2D eigenvalue weighted by atomic mass is 10.1. The highest BCUT2D eigenvalue weighted by Crippen LogP contribution is 2.34. The lowest BCUT2D eigenvalue weighted by molar-refractivity contribution is -0.384. The monoisotopic (exact) mass is 539 g/mol. The number of ether oxygens (including phenoxy) is 1. The Morgan fingerprint density at radius 1 is 1.08 bits per heavy atom. The third-order valence-electron chi connectivity index (χ3n) is 5.57. The molecule has 37 heavy (non-hydrogen) atoms. The predicted molar refractivity (Wildman–Crippen MR) is 144 cm³/mol. The minimum absolute atomic E-state index is 0.132. The number of aromatic nitrogens is 2. The van der Waals surface area contributed by atoms with E-state index in [1.54, 1.807) is 18.2 Å². The highest BCUT2D eigenvalue weighted by Gasteiger charge is 2.22. The van der Waals surface area contributed by atoms with Gasteiger partial charge in [-0.25, -0.2) is 9.78 Å². The van der Waals surface area contributed by atoms with E-state index < -0.39 is 10.9 Å².